The molecule has 0 bridgehead atoms. The van der Waals surface area contributed by atoms with Crippen LogP contribution < -0.4 is 0 Å². The summed E-state index contributed by atoms with van der Waals surface area (Å²) in [5, 5.41) is 11.7. The Balaban J connectivity index is 2.57. The van der Waals surface area contributed by atoms with Crippen LogP contribution in [0.5, 0.6) is 0 Å². The number of hydrogen-bond donors (Lipinski definition) is 0. The fourth-order valence-corrected chi connectivity index (χ4v) is 2.75. The fraction of sp³-hybridized carbons (Fsp3) is 0.143. The van der Waals surface area contributed by atoms with Crippen LogP contribution in [0.4, 0.5) is 0 Å². The van der Waals surface area contributed by atoms with Crippen LogP contribution in [0, 0.1) is 17.0 Å². The molecule has 0 saturated carbocycles. The second-order valence-electron chi connectivity index (χ2n) is 4.10. The molecule has 0 spiro atoms. The number of thiazole rings is 1. The molecule has 102 valence electrons. The van der Waals surface area contributed by atoms with E-state index in [0.29, 0.717) is 10.6 Å². The van der Waals surface area contributed by atoms with Crippen molar-refractivity contribution in [2.75, 3.05) is 0 Å². The van der Waals surface area contributed by atoms with Gasteiger partial charge in [0.25, 0.3) is 5.70 Å². The van der Waals surface area contributed by atoms with Crippen LogP contribution in [0.25, 0.3) is 15.9 Å². The number of nitro groups is 1. The molecule has 0 N–H and O–H groups in total. The molecule has 0 radical (unpaired) electrons. The van der Waals surface area contributed by atoms with Crippen LogP contribution >= 0.6 is 11.3 Å². The minimum absolute atomic E-state index is 0.0155. The lowest BCUT2D eigenvalue weighted by Crippen LogP contribution is -2.01. The summed E-state index contributed by atoms with van der Waals surface area (Å²) >= 11 is 1.34. The number of pyridine rings is 1. The topological polar surface area (TPSA) is 68.9 Å². The number of rotatable bonds is 4. The van der Waals surface area contributed by atoms with E-state index in [0.717, 1.165) is 15.9 Å². The Morgan fingerprint density at radius 3 is 2.90 bits per heavy atom. The van der Waals surface area contributed by atoms with Crippen molar-refractivity contribution in [1.29, 1.82) is 0 Å². The Morgan fingerprint density at radius 1 is 1.55 bits per heavy atom. The first-order chi connectivity index (χ1) is 9.56. The number of aryl methyl sites for hydroxylation is 1. The van der Waals surface area contributed by atoms with Gasteiger partial charge in [0, 0.05) is 12.3 Å². The van der Waals surface area contributed by atoms with E-state index in [1.54, 1.807) is 19.2 Å². The zero-order valence-corrected chi connectivity index (χ0v) is 12.0. The van der Waals surface area contributed by atoms with Crippen LogP contribution in [0.15, 0.2) is 42.8 Å². The predicted molar refractivity (Wildman–Crippen MR) is 81.1 cm³/mol. The van der Waals surface area contributed by atoms with Gasteiger partial charge >= 0.3 is 0 Å². The van der Waals surface area contributed by atoms with Gasteiger partial charge in [0.2, 0.25) is 0 Å². The summed E-state index contributed by atoms with van der Waals surface area (Å²) in [6.45, 7) is 7.19. The van der Waals surface area contributed by atoms with E-state index in [4.69, 9.17) is 0 Å². The van der Waals surface area contributed by atoms with Gasteiger partial charge in [-0.05, 0) is 25.5 Å². The highest BCUT2D eigenvalue weighted by molar-refractivity contribution is 7.19. The zero-order chi connectivity index (χ0) is 14.7. The SMILES string of the molecule is C=C/C=C(\C(=C/C)c1nc2cc(C)cnc2s1)[N+](=O)[O-]. The molecular formula is C14H13N3O2S. The quantitative estimate of drug-likeness (QED) is 0.488. The molecule has 0 aliphatic carbocycles. The Morgan fingerprint density at radius 2 is 2.30 bits per heavy atom. The summed E-state index contributed by atoms with van der Waals surface area (Å²) in [4.78, 5) is 20.2. The second kappa shape index (κ2) is 5.75. The summed E-state index contributed by atoms with van der Waals surface area (Å²) < 4.78 is 0. The summed E-state index contributed by atoms with van der Waals surface area (Å²) in [6.07, 6.45) is 6.22. The maximum absolute atomic E-state index is 11.1. The molecule has 20 heavy (non-hydrogen) atoms. The van der Waals surface area contributed by atoms with E-state index in [9.17, 15) is 10.1 Å². The Kier molecular flexibility index (Phi) is 4.05. The molecule has 0 fully saturated rings. The van der Waals surface area contributed by atoms with Crippen LogP contribution in [-0.4, -0.2) is 14.9 Å². The smallest absolute Gasteiger partial charge is 0.258 e. The highest BCUT2D eigenvalue weighted by Gasteiger charge is 2.21. The largest absolute Gasteiger partial charge is 0.279 e. The molecule has 5 nitrogen and oxygen atoms in total. The van der Waals surface area contributed by atoms with E-state index in [2.05, 4.69) is 16.5 Å². The Hall–Kier alpha value is -2.34. The van der Waals surface area contributed by atoms with Crippen LogP contribution in [-0.2, 0) is 0 Å². The van der Waals surface area contributed by atoms with Crippen LogP contribution in [0.2, 0.25) is 0 Å². The van der Waals surface area contributed by atoms with Crippen molar-refractivity contribution < 1.29 is 4.92 Å². The lowest BCUT2D eigenvalue weighted by molar-refractivity contribution is -0.416. The first kappa shape index (κ1) is 14.1. The zero-order valence-electron chi connectivity index (χ0n) is 11.2. The summed E-state index contributed by atoms with van der Waals surface area (Å²) in [5.41, 5.74) is 2.23. The number of hydrogen-bond acceptors (Lipinski definition) is 5. The molecule has 0 aliphatic rings. The molecule has 2 heterocycles. The number of allylic oxidation sites excluding steroid dienone is 4. The van der Waals surface area contributed by atoms with Crippen molar-refractivity contribution in [2.45, 2.75) is 13.8 Å². The lowest BCUT2D eigenvalue weighted by Gasteiger charge is -1.99. The molecule has 0 saturated heterocycles. The first-order valence-electron chi connectivity index (χ1n) is 5.94. The average Bonchev–Trinajstić information content (AvgIpc) is 2.81. The number of aromatic nitrogens is 2. The van der Waals surface area contributed by atoms with Gasteiger partial charge in [-0.15, -0.1) is 0 Å². The van der Waals surface area contributed by atoms with Crippen molar-refractivity contribution in [1.82, 2.24) is 9.97 Å². The van der Waals surface area contributed by atoms with E-state index in [1.165, 1.54) is 23.5 Å². The molecule has 2 aromatic rings. The van der Waals surface area contributed by atoms with Gasteiger partial charge in [0.15, 0.2) is 0 Å². The molecule has 0 amide bonds. The minimum atomic E-state index is -0.429. The summed E-state index contributed by atoms with van der Waals surface area (Å²) in [6, 6.07) is 1.92. The van der Waals surface area contributed by atoms with Crippen molar-refractivity contribution >= 4 is 27.3 Å². The highest BCUT2D eigenvalue weighted by atomic mass is 32.1. The van der Waals surface area contributed by atoms with E-state index in [1.807, 2.05) is 13.0 Å². The van der Waals surface area contributed by atoms with E-state index >= 15 is 0 Å². The fourth-order valence-electron chi connectivity index (χ4n) is 1.78. The molecule has 0 unspecified atom stereocenters. The normalized spacial score (nSPS) is 12.7. The van der Waals surface area contributed by atoms with Gasteiger partial charge in [-0.25, -0.2) is 9.97 Å². The minimum Gasteiger partial charge on any atom is -0.258 e. The second-order valence-corrected chi connectivity index (χ2v) is 5.08. The van der Waals surface area contributed by atoms with Gasteiger partial charge in [-0.2, -0.15) is 0 Å². The Labute approximate surface area is 120 Å². The molecule has 0 aliphatic heterocycles. The summed E-state index contributed by atoms with van der Waals surface area (Å²) in [7, 11) is 0. The molecule has 0 atom stereocenters. The van der Waals surface area contributed by atoms with Crippen molar-refractivity contribution in [3.63, 3.8) is 0 Å². The molecule has 2 aromatic heterocycles. The maximum atomic E-state index is 11.1. The molecule has 2 rings (SSSR count). The van der Waals surface area contributed by atoms with Gasteiger partial charge in [0.1, 0.15) is 15.4 Å². The first-order valence-corrected chi connectivity index (χ1v) is 6.75. The third kappa shape index (κ3) is 2.65. The third-order valence-electron chi connectivity index (χ3n) is 2.65. The predicted octanol–water partition coefficient (Wildman–Crippen LogP) is 3.75. The number of fused-ring (bicyclic) bond motifs is 1. The molecular weight excluding hydrogens is 274 g/mol. The van der Waals surface area contributed by atoms with E-state index < -0.39 is 4.92 Å². The van der Waals surface area contributed by atoms with Gasteiger partial charge in [0.05, 0.1) is 10.5 Å². The van der Waals surface area contributed by atoms with Crippen LogP contribution in [0.3, 0.4) is 0 Å². The Bertz CT molecular complexity index is 744. The summed E-state index contributed by atoms with van der Waals surface area (Å²) in [5.74, 6) is 0. The molecule has 6 heteroatoms. The monoisotopic (exact) mass is 287 g/mol. The lowest BCUT2D eigenvalue weighted by atomic mass is 10.2. The van der Waals surface area contributed by atoms with Crippen LogP contribution in [0.1, 0.15) is 17.5 Å². The third-order valence-corrected chi connectivity index (χ3v) is 3.66. The van der Waals surface area contributed by atoms with Gasteiger partial charge in [-0.1, -0.05) is 30.1 Å². The van der Waals surface area contributed by atoms with Crippen molar-refractivity contribution in [3.05, 3.63) is 63.5 Å². The van der Waals surface area contributed by atoms with Gasteiger partial charge in [-0.3, -0.25) is 10.1 Å². The van der Waals surface area contributed by atoms with E-state index in [-0.39, 0.29) is 5.70 Å². The maximum Gasteiger partial charge on any atom is 0.279 e. The number of nitrogens with zero attached hydrogens (tertiary/aromatic N) is 3. The van der Waals surface area contributed by atoms with Crippen molar-refractivity contribution in [3.8, 4) is 0 Å². The average molecular weight is 287 g/mol. The van der Waals surface area contributed by atoms with Crippen molar-refractivity contribution in [2.24, 2.45) is 0 Å². The highest BCUT2D eigenvalue weighted by Crippen LogP contribution is 2.30. The van der Waals surface area contributed by atoms with Gasteiger partial charge < -0.3 is 0 Å². The molecule has 0 aromatic carbocycles. The standard InChI is InChI=1S/C14H13N3O2S/c1-4-6-12(17(18)19)10(5-2)13-16-11-7-9(3)8-15-14(11)20-13/h4-8H,1H2,2-3H3/b10-5+,12-6+.